The Balaban J connectivity index is 0.000000160. The quantitative estimate of drug-likeness (QED) is 0.483. The van der Waals surface area contributed by atoms with Crippen LogP contribution in [0.1, 0.15) is 27.7 Å². The molecule has 0 amide bonds. The van der Waals surface area contributed by atoms with Crippen molar-refractivity contribution < 1.29 is 32.7 Å². The third kappa shape index (κ3) is 4.11. The van der Waals surface area contributed by atoms with Crippen molar-refractivity contribution in [2.75, 3.05) is 0 Å². The average Bonchev–Trinajstić information content (AvgIpc) is 3.03. The summed E-state index contributed by atoms with van der Waals surface area (Å²) >= 11 is 0. The van der Waals surface area contributed by atoms with Crippen LogP contribution in [0.2, 0.25) is 0 Å². The first-order valence-electron chi connectivity index (χ1n) is 7.89. The zero-order valence-electron chi connectivity index (χ0n) is 14.4. The molecular formula is C22H22Y+. The Bertz CT molecular complexity index is 666. The molecule has 0 aromatic heterocycles. The average molecular weight is 375 g/mol. The molecule has 23 heavy (non-hydrogen) atoms. The molecule has 0 radical (unpaired) electrons. The van der Waals surface area contributed by atoms with Crippen LogP contribution >= 0.6 is 0 Å². The smallest absolute Gasteiger partial charge is 0.262 e. The van der Waals surface area contributed by atoms with Gasteiger partial charge in [0.1, 0.15) is 0 Å². The maximum absolute atomic E-state index is 3.38. The van der Waals surface area contributed by atoms with Gasteiger partial charge >= 0.3 is 32.7 Å². The van der Waals surface area contributed by atoms with E-state index in [9.17, 15) is 0 Å². The Morgan fingerprint density at radius 2 is 1.09 bits per heavy atom. The second kappa shape index (κ2) is 7.73. The zero-order valence-corrected chi connectivity index (χ0v) is 17.2. The molecule has 0 saturated heterocycles. The summed E-state index contributed by atoms with van der Waals surface area (Å²) in [7, 11) is 0. The van der Waals surface area contributed by atoms with Gasteiger partial charge in [-0.05, 0) is 13.8 Å². The first-order valence-corrected chi connectivity index (χ1v) is 7.89. The van der Waals surface area contributed by atoms with E-state index in [0.717, 1.165) is 0 Å². The van der Waals surface area contributed by atoms with Gasteiger partial charge in [-0.15, -0.1) is 11.1 Å². The van der Waals surface area contributed by atoms with E-state index < -0.39 is 0 Å². The molecule has 0 fully saturated rings. The van der Waals surface area contributed by atoms with Crippen LogP contribution in [0.15, 0.2) is 82.0 Å². The molecule has 2 atom stereocenters. The van der Waals surface area contributed by atoms with Gasteiger partial charge < -0.3 is 0 Å². The van der Waals surface area contributed by atoms with Crippen LogP contribution in [0.3, 0.4) is 0 Å². The topological polar surface area (TPSA) is 0 Å². The summed E-state index contributed by atoms with van der Waals surface area (Å²) in [5.74, 6) is 0.889. The summed E-state index contributed by atoms with van der Waals surface area (Å²) in [6.07, 6.45) is 24.1. The van der Waals surface area contributed by atoms with Crippen molar-refractivity contribution in [2.45, 2.75) is 27.7 Å². The molecule has 4 aliphatic rings. The summed E-state index contributed by atoms with van der Waals surface area (Å²) in [4.78, 5) is 0. The van der Waals surface area contributed by atoms with Gasteiger partial charge in [-0.3, -0.25) is 12.2 Å². The number of fused-ring (bicyclic) bond motifs is 2. The van der Waals surface area contributed by atoms with Gasteiger partial charge in [-0.1, -0.05) is 73.3 Å². The van der Waals surface area contributed by atoms with Crippen molar-refractivity contribution >= 4 is 0 Å². The third-order valence-electron chi connectivity index (χ3n) is 4.39. The van der Waals surface area contributed by atoms with Gasteiger partial charge in [0.05, 0.1) is 0 Å². The van der Waals surface area contributed by atoms with Gasteiger partial charge in [0.2, 0.25) is 0 Å². The fourth-order valence-corrected chi connectivity index (χ4v) is 3.21. The van der Waals surface area contributed by atoms with Crippen molar-refractivity contribution in [3.8, 4) is 0 Å². The van der Waals surface area contributed by atoms with E-state index in [1.54, 1.807) is 0 Å². The maximum atomic E-state index is 3.38. The van der Waals surface area contributed by atoms with Crippen LogP contribution in [-0.4, -0.2) is 0 Å². The fourth-order valence-electron chi connectivity index (χ4n) is 3.21. The summed E-state index contributed by atoms with van der Waals surface area (Å²) in [6, 6.07) is 0. The van der Waals surface area contributed by atoms with Crippen LogP contribution in [-0.2, 0) is 32.7 Å². The Kier molecular flexibility index (Phi) is 6.17. The normalized spacial score (nSPS) is 26.3. The summed E-state index contributed by atoms with van der Waals surface area (Å²) in [5, 5.41) is 0. The molecule has 2 unspecified atom stereocenters. The van der Waals surface area contributed by atoms with Gasteiger partial charge in [-0.25, -0.2) is 23.3 Å². The minimum Gasteiger partial charge on any atom is -0.262 e. The largest absolute Gasteiger partial charge is 3.00 e. The third-order valence-corrected chi connectivity index (χ3v) is 4.39. The van der Waals surface area contributed by atoms with Crippen molar-refractivity contribution in [3.63, 3.8) is 0 Å². The van der Waals surface area contributed by atoms with Crippen LogP contribution in [0.25, 0.3) is 0 Å². The van der Waals surface area contributed by atoms with Gasteiger partial charge in [0, 0.05) is 0 Å². The molecule has 0 saturated carbocycles. The van der Waals surface area contributed by atoms with E-state index in [4.69, 9.17) is 0 Å². The first kappa shape index (κ1) is 18.4. The SMILES string of the molecule is CC1=[C-]C2C=CC=C(C)C2=C1.CC1=[C-]C2C=CC=C(C)C2=C1.[Y+3]. The Hall–Kier alpha value is -0.976. The standard InChI is InChI=1S/2C11H11.Y/c2*1-8-6-10-5-3-4-9(2)11(10)7-8;/h2*3-5,7,10H,1-2H3;/q2*-1;+3. The molecule has 4 rings (SSSR count). The van der Waals surface area contributed by atoms with Gasteiger partial charge in [-0.2, -0.15) is 0 Å². The molecule has 0 aromatic carbocycles. The minimum absolute atomic E-state index is 0. The van der Waals surface area contributed by atoms with Gasteiger partial charge in [0.15, 0.2) is 0 Å². The molecule has 0 N–H and O–H groups in total. The van der Waals surface area contributed by atoms with Crippen LogP contribution < -0.4 is 0 Å². The van der Waals surface area contributed by atoms with Crippen molar-refractivity contribution in [1.82, 2.24) is 0 Å². The molecule has 0 heterocycles. The van der Waals surface area contributed by atoms with E-state index >= 15 is 0 Å². The number of allylic oxidation sites excluding steroid dienone is 16. The predicted octanol–water partition coefficient (Wildman–Crippen LogP) is 5.61. The Labute approximate surface area is 165 Å². The number of hydrogen-bond donors (Lipinski definition) is 0. The molecule has 0 aromatic rings. The fraction of sp³-hybridized carbons (Fsp3) is 0.273. The van der Waals surface area contributed by atoms with E-state index in [0.29, 0.717) is 11.8 Å². The molecule has 112 valence electrons. The monoisotopic (exact) mass is 375 g/mol. The maximum Gasteiger partial charge on any atom is 3.00 e. The molecule has 0 spiro atoms. The van der Waals surface area contributed by atoms with Gasteiger partial charge in [0.25, 0.3) is 0 Å². The van der Waals surface area contributed by atoms with E-state index in [-0.39, 0.29) is 32.7 Å². The van der Waals surface area contributed by atoms with E-state index in [1.165, 1.54) is 33.4 Å². The van der Waals surface area contributed by atoms with Crippen LogP contribution in [0, 0.1) is 24.0 Å². The van der Waals surface area contributed by atoms with Crippen molar-refractivity contribution in [1.29, 1.82) is 0 Å². The Morgan fingerprint density at radius 1 is 0.696 bits per heavy atom. The Morgan fingerprint density at radius 3 is 1.43 bits per heavy atom. The summed E-state index contributed by atoms with van der Waals surface area (Å²) in [6.45, 7) is 8.52. The number of rotatable bonds is 0. The van der Waals surface area contributed by atoms with E-state index in [2.05, 4.69) is 88.5 Å². The minimum atomic E-state index is 0. The molecular weight excluding hydrogens is 353 g/mol. The molecule has 1 heteroatoms. The summed E-state index contributed by atoms with van der Waals surface area (Å²) < 4.78 is 0. The van der Waals surface area contributed by atoms with E-state index in [1.807, 2.05) is 0 Å². The number of hydrogen-bond acceptors (Lipinski definition) is 0. The zero-order chi connectivity index (χ0) is 15.7. The van der Waals surface area contributed by atoms with Crippen LogP contribution in [0.4, 0.5) is 0 Å². The molecule has 0 bridgehead atoms. The molecule has 0 aliphatic heterocycles. The molecule has 4 aliphatic carbocycles. The first-order chi connectivity index (χ1) is 10.5. The van der Waals surface area contributed by atoms with Crippen LogP contribution in [0.5, 0.6) is 0 Å². The van der Waals surface area contributed by atoms with Crippen molar-refractivity contribution in [3.05, 3.63) is 94.2 Å². The second-order valence-corrected chi connectivity index (χ2v) is 6.28. The second-order valence-electron chi connectivity index (χ2n) is 6.28. The predicted molar refractivity (Wildman–Crippen MR) is 93.8 cm³/mol. The van der Waals surface area contributed by atoms with Crippen molar-refractivity contribution in [2.24, 2.45) is 11.8 Å². The summed E-state index contributed by atoms with van der Waals surface area (Å²) in [5.41, 5.74) is 8.13. The molecule has 0 nitrogen and oxygen atoms in total.